The first-order valence-electron chi connectivity index (χ1n) is 7.75. The molecule has 1 aliphatic rings. The minimum Gasteiger partial charge on any atom is -0.410 e. The van der Waals surface area contributed by atoms with Crippen LogP contribution in [-0.2, 0) is 11.2 Å². The van der Waals surface area contributed by atoms with Crippen molar-refractivity contribution in [3.63, 3.8) is 0 Å². The summed E-state index contributed by atoms with van der Waals surface area (Å²) >= 11 is 1.29. The Morgan fingerprint density at radius 3 is 3.00 bits per heavy atom. The van der Waals surface area contributed by atoms with Crippen LogP contribution in [0.15, 0.2) is 52.2 Å². The molecule has 1 aromatic carbocycles. The monoisotopic (exact) mass is 340 g/mol. The fourth-order valence-electron chi connectivity index (χ4n) is 2.82. The number of H-pyrrole nitrogens is 1. The molecule has 3 aromatic rings. The maximum Gasteiger partial charge on any atom is 0.277 e. The van der Waals surface area contributed by atoms with Crippen LogP contribution in [0.3, 0.4) is 0 Å². The molecule has 0 spiro atoms. The van der Waals surface area contributed by atoms with Gasteiger partial charge in [-0.25, -0.2) is 0 Å². The van der Waals surface area contributed by atoms with Crippen LogP contribution in [0.5, 0.6) is 0 Å². The molecule has 2 aromatic heterocycles. The molecule has 1 aliphatic heterocycles. The van der Waals surface area contributed by atoms with Crippen LogP contribution in [0.1, 0.15) is 12.5 Å². The lowest BCUT2D eigenvalue weighted by Gasteiger charge is -2.20. The number of benzene rings is 1. The standard InChI is InChI=1S/C17H16N4O2S/c1-11(16(22)21-10-8-12-5-2-3-7-14(12)21)24-17-20-19-15(23-17)13-6-4-9-18-13/h2-7,9,11,18H,8,10H2,1H3. The lowest BCUT2D eigenvalue weighted by molar-refractivity contribution is -0.117. The van der Waals surface area contributed by atoms with Crippen LogP contribution in [-0.4, -0.2) is 32.9 Å². The second-order valence-corrected chi connectivity index (χ2v) is 6.88. The Labute approximate surface area is 143 Å². The van der Waals surface area contributed by atoms with E-state index in [0.717, 1.165) is 24.3 Å². The Balaban J connectivity index is 1.47. The van der Waals surface area contributed by atoms with Gasteiger partial charge in [-0.05, 0) is 37.1 Å². The zero-order chi connectivity index (χ0) is 16.5. The predicted molar refractivity (Wildman–Crippen MR) is 91.9 cm³/mol. The molecular weight excluding hydrogens is 324 g/mol. The molecule has 3 heterocycles. The number of carbonyl (C=O) groups excluding carboxylic acids is 1. The normalized spacial score (nSPS) is 14.6. The SMILES string of the molecule is CC(Sc1nnc(-c2ccc[nH]2)o1)C(=O)N1CCc2ccccc21. The van der Waals surface area contributed by atoms with E-state index in [2.05, 4.69) is 21.2 Å². The molecule has 24 heavy (non-hydrogen) atoms. The number of nitrogens with zero attached hydrogens (tertiary/aromatic N) is 3. The predicted octanol–water partition coefficient (Wildman–Crippen LogP) is 3.13. The van der Waals surface area contributed by atoms with Gasteiger partial charge in [-0.3, -0.25) is 4.79 Å². The first kappa shape index (κ1) is 15.0. The van der Waals surface area contributed by atoms with E-state index < -0.39 is 0 Å². The minimum atomic E-state index is -0.298. The summed E-state index contributed by atoms with van der Waals surface area (Å²) in [7, 11) is 0. The summed E-state index contributed by atoms with van der Waals surface area (Å²) in [6, 6.07) is 11.8. The van der Waals surface area contributed by atoms with Crippen molar-refractivity contribution in [2.45, 2.75) is 23.8 Å². The first-order valence-corrected chi connectivity index (χ1v) is 8.63. The van der Waals surface area contributed by atoms with E-state index in [9.17, 15) is 4.79 Å². The lowest BCUT2D eigenvalue weighted by atomic mass is 10.2. The molecule has 1 N–H and O–H groups in total. The van der Waals surface area contributed by atoms with Gasteiger partial charge in [0.2, 0.25) is 5.91 Å². The molecule has 4 rings (SSSR count). The van der Waals surface area contributed by atoms with Crippen molar-refractivity contribution in [2.75, 3.05) is 11.4 Å². The number of nitrogens with one attached hydrogen (secondary N) is 1. The van der Waals surface area contributed by atoms with E-state index in [4.69, 9.17) is 4.42 Å². The number of anilines is 1. The number of hydrogen-bond acceptors (Lipinski definition) is 5. The van der Waals surface area contributed by atoms with Crippen molar-refractivity contribution in [3.8, 4) is 11.6 Å². The molecular formula is C17H16N4O2S. The zero-order valence-corrected chi connectivity index (χ0v) is 13.9. The van der Waals surface area contributed by atoms with Crippen molar-refractivity contribution in [2.24, 2.45) is 0 Å². The molecule has 1 amide bonds. The van der Waals surface area contributed by atoms with Crippen LogP contribution >= 0.6 is 11.8 Å². The second kappa shape index (κ2) is 6.16. The molecule has 1 atom stereocenters. The highest BCUT2D eigenvalue weighted by Crippen LogP contribution is 2.31. The third-order valence-corrected chi connectivity index (χ3v) is 4.94. The van der Waals surface area contributed by atoms with E-state index in [1.54, 1.807) is 6.20 Å². The average Bonchev–Trinajstić information content (AvgIpc) is 3.33. The Kier molecular flexibility index (Phi) is 3.86. The van der Waals surface area contributed by atoms with Gasteiger partial charge in [0.25, 0.3) is 11.1 Å². The van der Waals surface area contributed by atoms with Gasteiger partial charge in [-0.1, -0.05) is 30.0 Å². The third-order valence-electron chi connectivity index (χ3n) is 4.01. The minimum absolute atomic E-state index is 0.0598. The highest BCUT2D eigenvalue weighted by molar-refractivity contribution is 8.00. The quantitative estimate of drug-likeness (QED) is 0.739. The van der Waals surface area contributed by atoms with Gasteiger partial charge in [-0.15, -0.1) is 10.2 Å². The van der Waals surface area contributed by atoms with Crippen LogP contribution in [0.2, 0.25) is 0 Å². The van der Waals surface area contributed by atoms with E-state index >= 15 is 0 Å². The Morgan fingerprint density at radius 2 is 2.17 bits per heavy atom. The van der Waals surface area contributed by atoms with Crippen molar-refractivity contribution < 1.29 is 9.21 Å². The number of aromatic amines is 1. The van der Waals surface area contributed by atoms with Gasteiger partial charge in [0.1, 0.15) is 5.69 Å². The van der Waals surface area contributed by atoms with Gasteiger partial charge in [-0.2, -0.15) is 0 Å². The fraction of sp³-hybridized carbons (Fsp3) is 0.235. The maximum absolute atomic E-state index is 12.8. The van der Waals surface area contributed by atoms with E-state index in [1.165, 1.54) is 17.3 Å². The molecule has 0 aliphatic carbocycles. The summed E-state index contributed by atoms with van der Waals surface area (Å²) in [5.74, 6) is 0.484. The molecule has 7 heteroatoms. The first-order chi connectivity index (χ1) is 11.7. The number of amides is 1. The molecule has 0 bridgehead atoms. The summed E-state index contributed by atoms with van der Waals surface area (Å²) in [6.45, 7) is 2.59. The summed E-state index contributed by atoms with van der Waals surface area (Å²) in [4.78, 5) is 17.6. The largest absolute Gasteiger partial charge is 0.410 e. The van der Waals surface area contributed by atoms with Gasteiger partial charge >= 0.3 is 0 Å². The lowest BCUT2D eigenvalue weighted by Crippen LogP contribution is -2.35. The molecule has 0 radical (unpaired) electrons. The van der Waals surface area contributed by atoms with Crippen molar-refractivity contribution in [3.05, 3.63) is 48.2 Å². The van der Waals surface area contributed by atoms with Crippen molar-refractivity contribution in [1.82, 2.24) is 15.2 Å². The average molecular weight is 340 g/mol. The second-order valence-electron chi connectivity index (χ2n) is 5.59. The van der Waals surface area contributed by atoms with Crippen LogP contribution < -0.4 is 4.90 Å². The van der Waals surface area contributed by atoms with Crippen LogP contribution in [0, 0.1) is 0 Å². The molecule has 1 unspecified atom stereocenters. The summed E-state index contributed by atoms with van der Waals surface area (Å²) in [6.07, 6.45) is 2.69. The number of fused-ring (bicyclic) bond motifs is 1. The van der Waals surface area contributed by atoms with E-state index in [0.29, 0.717) is 11.1 Å². The van der Waals surface area contributed by atoms with Gasteiger partial charge < -0.3 is 14.3 Å². The number of rotatable bonds is 4. The van der Waals surface area contributed by atoms with E-state index in [-0.39, 0.29) is 11.2 Å². The van der Waals surface area contributed by atoms with Crippen LogP contribution in [0.25, 0.3) is 11.6 Å². The molecule has 122 valence electrons. The maximum atomic E-state index is 12.8. The molecule has 0 saturated heterocycles. The summed E-state index contributed by atoms with van der Waals surface area (Å²) in [5.41, 5.74) is 2.99. The van der Waals surface area contributed by atoms with Crippen LogP contribution in [0.4, 0.5) is 5.69 Å². The number of hydrogen-bond donors (Lipinski definition) is 1. The molecule has 6 nitrogen and oxygen atoms in total. The van der Waals surface area contributed by atoms with E-state index in [1.807, 2.05) is 42.2 Å². The topological polar surface area (TPSA) is 75.0 Å². The fourth-order valence-corrected chi connectivity index (χ4v) is 3.56. The Hall–Kier alpha value is -2.54. The van der Waals surface area contributed by atoms with Gasteiger partial charge in [0.05, 0.1) is 5.25 Å². The van der Waals surface area contributed by atoms with Gasteiger partial charge in [0, 0.05) is 18.4 Å². The van der Waals surface area contributed by atoms with Crippen molar-refractivity contribution in [1.29, 1.82) is 0 Å². The Morgan fingerprint density at radius 1 is 1.29 bits per heavy atom. The third kappa shape index (κ3) is 2.71. The molecule has 0 fully saturated rings. The summed E-state index contributed by atoms with van der Waals surface area (Å²) < 4.78 is 5.62. The number of aromatic nitrogens is 3. The van der Waals surface area contributed by atoms with Gasteiger partial charge in [0.15, 0.2) is 0 Å². The van der Waals surface area contributed by atoms with Crippen molar-refractivity contribution >= 4 is 23.4 Å². The number of carbonyl (C=O) groups is 1. The Bertz CT molecular complexity index is 859. The zero-order valence-electron chi connectivity index (χ0n) is 13.1. The highest BCUT2D eigenvalue weighted by atomic mass is 32.2. The number of thioether (sulfide) groups is 1. The number of para-hydroxylation sites is 1. The molecule has 0 saturated carbocycles. The highest BCUT2D eigenvalue weighted by Gasteiger charge is 2.29. The summed E-state index contributed by atoms with van der Waals surface area (Å²) in [5, 5.41) is 8.13. The smallest absolute Gasteiger partial charge is 0.277 e.